The van der Waals surface area contributed by atoms with Crippen molar-refractivity contribution in [2.24, 2.45) is 0 Å². The van der Waals surface area contributed by atoms with E-state index < -0.39 is 17.7 Å². The minimum absolute atomic E-state index is 0.0819. The number of hydrogen-bond donors (Lipinski definition) is 1. The van der Waals surface area contributed by atoms with Crippen LogP contribution in [0, 0.1) is 13.8 Å². The Morgan fingerprint density at radius 2 is 1.74 bits per heavy atom. The first-order valence-electron chi connectivity index (χ1n) is 13.1. The van der Waals surface area contributed by atoms with E-state index in [1.165, 1.54) is 0 Å². The van der Waals surface area contributed by atoms with Crippen LogP contribution in [0.1, 0.15) is 53.6 Å². The molecular formula is C32H35NO5. The SMILES string of the molecule is CCCCOc1ccc(C2/C(=C(\O)c3cc(C)ccc3C)C(=O)C(=O)N2CCc2ccccc2)cc1OC. The summed E-state index contributed by atoms with van der Waals surface area (Å²) >= 11 is 0. The Hall–Kier alpha value is -4.06. The van der Waals surface area contributed by atoms with Crippen LogP contribution in [0.25, 0.3) is 5.76 Å². The van der Waals surface area contributed by atoms with Crippen LogP contribution in [0.3, 0.4) is 0 Å². The minimum Gasteiger partial charge on any atom is -0.507 e. The molecule has 0 bridgehead atoms. The van der Waals surface area contributed by atoms with Crippen molar-refractivity contribution in [3.05, 3.63) is 100 Å². The van der Waals surface area contributed by atoms with Gasteiger partial charge in [-0.05, 0) is 61.6 Å². The number of hydrogen-bond acceptors (Lipinski definition) is 5. The van der Waals surface area contributed by atoms with Crippen LogP contribution in [-0.2, 0) is 16.0 Å². The van der Waals surface area contributed by atoms with Gasteiger partial charge in [-0.25, -0.2) is 0 Å². The van der Waals surface area contributed by atoms with Gasteiger partial charge in [0.1, 0.15) is 5.76 Å². The molecule has 0 aliphatic carbocycles. The van der Waals surface area contributed by atoms with Crippen molar-refractivity contribution >= 4 is 17.4 Å². The van der Waals surface area contributed by atoms with Crippen molar-refractivity contribution in [1.82, 2.24) is 4.90 Å². The molecule has 3 aromatic carbocycles. The number of nitrogens with zero attached hydrogens (tertiary/aromatic N) is 1. The molecule has 1 atom stereocenters. The maximum absolute atomic E-state index is 13.5. The zero-order valence-corrected chi connectivity index (χ0v) is 22.5. The predicted octanol–water partition coefficient (Wildman–Crippen LogP) is 6.16. The number of unbranched alkanes of at least 4 members (excludes halogenated alkanes) is 1. The molecule has 1 aliphatic rings. The number of aryl methyl sites for hydroxylation is 2. The van der Waals surface area contributed by atoms with Crippen LogP contribution < -0.4 is 9.47 Å². The molecule has 0 aromatic heterocycles. The van der Waals surface area contributed by atoms with Crippen molar-refractivity contribution < 1.29 is 24.2 Å². The maximum atomic E-state index is 13.5. The summed E-state index contributed by atoms with van der Waals surface area (Å²) in [5.41, 5.74) is 4.12. The number of carbonyl (C=O) groups is 2. The lowest BCUT2D eigenvalue weighted by molar-refractivity contribution is -0.139. The molecule has 1 amide bonds. The van der Waals surface area contributed by atoms with E-state index in [1.807, 2.05) is 68.4 Å². The van der Waals surface area contributed by atoms with Gasteiger partial charge >= 0.3 is 0 Å². The summed E-state index contributed by atoms with van der Waals surface area (Å²) in [5.74, 6) is -0.373. The summed E-state index contributed by atoms with van der Waals surface area (Å²) < 4.78 is 11.5. The molecule has 6 nitrogen and oxygen atoms in total. The van der Waals surface area contributed by atoms with Crippen LogP contribution >= 0.6 is 0 Å². The lowest BCUT2D eigenvalue weighted by Crippen LogP contribution is -2.31. The van der Waals surface area contributed by atoms with E-state index >= 15 is 0 Å². The third-order valence-corrected chi connectivity index (χ3v) is 6.93. The second kappa shape index (κ2) is 12.0. The molecule has 1 N–H and O–H groups in total. The summed E-state index contributed by atoms with van der Waals surface area (Å²) in [7, 11) is 1.56. The third kappa shape index (κ3) is 5.59. The summed E-state index contributed by atoms with van der Waals surface area (Å²) in [6.45, 7) is 6.78. The van der Waals surface area contributed by atoms with Crippen LogP contribution in [0.2, 0.25) is 0 Å². The molecule has 198 valence electrons. The quantitative estimate of drug-likeness (QED) is 0.152. The molecule has 6 heteroatoms. The molecule has 0 spiro atoms. The Morgan fingerprint density at radius 3 is 2.45 bits per heavy atom. The maximum Gasteiger partial charge on any atom is 0.295 e. The normalized spacial score (nSPS) is 16.6. The van der Waals surface area contributed by atoms with Crippen LogP contribution in [0.5, 0.6) is 11.5 Å². The van der Waals surface area contributed by atoms with Gasteiger partial charge in [-0.2, -0.15) is 0 Å². The lowest BCUT2D eigenvalue weighted by Gasteiger charge is -2.26. The highest BCUT2D eigenvalue weighted by Gasteiger charge is 2.46. The number of likely N-dealkylation sites (tertiary alicyclic amines) is 1. The van der Waals surface area contributed by atoms with Crippen molar-refractivity contribution in [2.75, 3.05) is 20.3 Å². The molecule has 1 aliphatic heterocycles. The molecule has 1 saturated heterocycles. The largest absolute Gasteiger partial charge is 0.507 e. The average molecular weight is 514 g/mol. The fraction of sp³-hybridized carbons (Fsp3) is 0.312. The molecular weight excluding hydrogens is 478 g/mol. The van der Waals surface area contributed by atoms with E-state index in [2.05, 4.69) is 6.92 Å². The smallest absolute Gasteiger partial charge is 0.295 e. The number of ketones is 1. The van der Waals surface area contributed by atoms with Gasteiger partial charge < -0.3 is 19.5 Å². The molecule has 4 rings (SSSR count). The van der Waals surface area contributed by atoms with Crippen LogP contribution in [0.4, 0.5) is 0 Å². The fourth-order valence-corrected chi connectivity index (χ4v) is 4.79. The first-order chi connectivity index (χ1) is 18.3. The highest BCUT2D eigenvalue weighted by Crippen LogP contribution is 2.42. The van der Waals surface area contributed by atoms with Gasteiger partial charge in [0, 0.05) is 12.1 Å². The summed E-state index contributed by atoms with van der Waals surface area (Å²) in [6.07, 6.45) is 2.50. The van der Waals surface area contributed by atoms with Gasteiger partial charge in [-0.1, -0.05) is 67.4 Å². The van der Waals surface area contributed by atoms with E-state index in [-0.39, 0.29) is 11.3 Å². The van der Waals surface area contributed by atoms with Crippen molar-refractivity contribution in [3.63, 3.8) is 0 Å². The standard InChI is InChI=1S/C32H35NO5/c1-5-6-18-38-26-15-14-24(20-27(26)37-4)29-28(30(34)25-19-21(2)12-13-22(25)3)31(35)32(36)33(29)17-16-23-10-8-7-9-11-23/h7-15,19-20,29,34H,5-6,16-18H2,1-4H3/b30-28+. The number of ether oxygens (including phenoxy) is 2. The number of carbonyl (C=O) groups excluding carboxylic acids is 2. The third-order valence-electron chi connectivity index (χ3n) is 6.93. The lowest BCUT2D eigenvalue weighted by atomic mass is 9.93. The Morgan fingerprint density at radius 1 is 0.974 bits per heavy atom. The van der Waals surface area contributed by atoms with E-state index in [9.17, 15) is 14.7 Å². The highest BCUT2D eigenvalue weighted by molar-refractivity contribution is 6.46. The predicted molar refractivity (Wildman–Crippen MR) is 148 cm³/mol. The van der Waals surface area contributed by atoms with Crippen LogP contribution in [-0.4, -0.2) is 42.0 Å². The van der Waals surface area contributed by atoms with E-state index in [0.717, 1.165) is 29.5 Å². The topological polar surface area (TPSA) is 76.1 Å². The molecule has 1 heterocycles. The van der Waals surface area contributed by atoms with E-state index in [4.69, 9.17) is 9.47 Å². The Balaban J connectivity index is 1.81. The zero-order chi connectivity index (χ0) is 27.2. The Bertz CT molecular complexity index is 1350. The van der Waals surface area contributed by atoms with Crippen molar-refractivity contribution in [2.45, 2.75) is 46.1 Å². The van der Waals surface area contributed by atoms with Crippen molar-refractivity contribution in [3.8, 4) is 11.5 Å². The zero-order valence-electron chi connectivity index (χ0n) is 22.5. The average Bonchev–Trinajstić information content (AvgIpc) is 3.18. The molecule has 0 saturated carbocycles. The molecule has 38 heavy (non-hydrogen) atoms. The Labute approximate surface area is 224 Å². The number of aliphatic hydroxyl groups is 1. The number of benzene rings is 3. The van der Waals surface area contributed by atoms with Gasteiger partial charge in [-0.3, -0.25) is 9.59 Å². The number of amides is 1. The fourth-order valence-electron chi connectivity index (χ4n) is 4.79. The minimum atomic E-state index is -0.766. The number of aliphatic hydroxyl groups excluding tert-OH is 1. The Kier molecular flexibility index (Phi) is 8.52. The first-order valence-corrected chi connectivity index (χ1v) is 13.1. The van der Waals surface area contributed by atoms with Gasteiger partial charge in [0.15, 0.2) is 11.5 Å². The number of rotatable bonds is 10. The van der Waals surface area contributed by atoms with Gasteiger partial charge in [0.2, 0.25) is 0 Å². The number of Topliss-reactive ketones (excluding diaryl/α,β-unsaturated/α-hetero) is 1. The second-order valence-corrected chi connectivity index (χ2v) is 9.66. The van der Waals surface area contributed by atoms with E-state index in [0.29, 0.717) is 42.2 Å². The molecule has 1 fully saturated rings. The number of methoxy groups -OCH3 is 1. The van der Waals surface area contributed by atoms with E-state index in [1.54, 1.807) is 24.1 Å². The van der Waals surface area contributed by atoms with Gasteiger partial charge in [0.05, 0.1) is 25.3 Å². The highest BCUT2D eigenvalue weighted by atomic mass is 16.5. The molecule has 3 aromatic rings. The summed E-state index contributed by atoms with van der Waals surface area (Å²) in [6, 6.07) is 20.2. The molecule has 0 radical (unpaired) electrons. The molecule has 1 unspecified atom stereocenters. The van der Waals surface area contributed by atoms with Gasteiger partial charge in [-0.15, -0.1) is 0 Å². The first kappa shape index (κ1) is 27.0. The summed E-state index contributed by atoms with van der Waals surface area (Å²) in [4.78, 5) is 28.4. The monoisotopic (exact) mass is 513 g/mol. The van der Waals surface area contributed by atoms with Crippen LogP contribution in [0.15, 0.2) is 72.3 Å². The summed E-state index contributed by atoms with van der Waals surface area (Å²) in [5, 5.41) is 11.5. The van der Waals surface area contributed by atoms with Gasteiger partial charge in [0.25, 0.3) is 11.7 Å². The van der Waals surface area contributed by atoms with Crippen molar-refractivity contribution in [1.29, 1.82) is 0 Å². The second-order valence-electron chi connectivity index (χ2n) is 9.66.